The second-order valence-electron chi connectivity index (χ2n) is 6.29. The molecule has 0 saturated carbocycles. The zero-order chi connectivity index (χ0) is 16.7. The van der Waals surface area contributed by atoms with Crippen LogP contribution in [0, 0.1) is 5.92 Å². The van der Waals surface area contributed by atoms with Gasteiger partial charge in [0.15, 0.2) is 11.5 Å². The molecule has 0 spiro atoms. The third-order valence-corrected chi connectivity index (χ3v) is 3.69. The molecule has 2 rings (SSSR count). The minimum atomic E-state index is 0.0597. The van der Waals surface area contributed by atoms with Crippen molar-refractivity contribution < 1.29 is 4.79 Å². The summed E-state index contributed by atoms with van der Waals surface area (Å²) in [6.07, 6.45) is 6.83. The monoisotopic (exact) mass is 318 g/mol. The Labute approximate surface area is 136 Å². The topological polar surface area (TPSA) is 95.6 Å². The van der Waals surface area contributed by atoms with E-state index in [0.29, 0.717) is 30.3 Å². The van der Waals surface area contributed by atoms with Crippen LogP contribution in [0.4, 0.5) is 5.82 Å². The molecule has 23 heavy (non-hydrogen) atoms. The summed E-state index contributed by atoms with van der Waals surface area (Å²) in [5.74, 6) is 1.45. The van der Waals surface area contributed by atoms with Crippen LogP contribution in [0.15, 0.2) is 12.7 Å². The maximum atomic E-state index is 12.0. The highest BCUT2D eigenvalue weighted by molar-refractivity contribution is 5.82. The van der Waals surface area contributed by atoms with E-state index in [-0.39, 0.29) is 11.9 Å². The summed E-state index contributed by atoms with van der Waals surface area (Å²) in [6.45, 7) is 7.03. The van der Waals surface area contributed by atoms with Gasteiger partial charge in [0.25, 0.3) is 0 Å². The van der Waals surface area contributed by atoms with Crippen molar-refractivity contribution in [2.75, 3.05) is 11.9 Å². The average molecular weight is 318 g/mol. The number of hydrogen-bond acceptors (Lipinski definition) is 5. The summed E-state index contributed by atoms with van der Waals surface area (Å²) >= 11 is 0. The van der Waals surface area contributed by atoms with E-state index in [1.165, 1.54) is 12.7 Å². The Morgan fingerprint density at radius 2 is 2.04 bits per heavy atom. The molecular formula is C16H26N6O. The van der Waals surface area contributed by atoms with Gasteiger partial charge in [-0.15, -0.1) is 0 Å². The lowest BCUT2D eigenvalue weighted by Crippen LogP contribution is -2.33. The summed E-state index contributed by atoms with van der Waals surface area (Å²) in [5.41, 5.74) is 1.38. The number of carbonyl (C=O) groups excluding carboxylic acids is 1. The molecular weight excluding hydrogens is 292 g/mol. The van der Waals surface area contributed by atoms with E-state index in [0.717, 1.165) is 18.4 Å². The number of aromatic amines is 1. The van der Waals surface area contributed by atoms with Crippen molar-refractivity contribution in [3.8, 4) is 0 Å². The summed E-state index contributed by atoms with van der Waals surface area (Å²) in [5, 5.41) is 6.19. The quantitative estimate of drug-likeness (QED) is 0.660. The van der Waals surface area contributed by atoms with Gasteiger partial charge in [-0.1, -0.05) is 26.7 Å². The van der Waals surface area contributed by atoms with Crippen molar-refractivity contribution in [3.63, 3.8) is 0 Å². The molecule has 0 aliphatic heterocycles. The van der Waals surface area contributed by atoms with E-state index in [1.807, 2.05) is 0 Å². The van der Waals surface area contributed by atoms with Gasteiger partial charge >= 0.3 is 0 Å². The fraction of sp³-hybridized carbons (Fsp3) is 0.625. The molecule has 0 saturated heterocycles. The first-order valence-electron chi connectivity index (χ1n) is 8.23. The predicted octanol–water partition coefficient (Wildman–Crippen LogP) is 2.49. The first kappa shape index (κ1) is 17.2. The Bertz CT molecular complexity index is 624. The molecule has 126 valence electrons. The van der Waals surface area contributed by atoms with E-state index in [4.69, 9.17) is 0 Å². The Hall–Kier alpha value is -2.18. The summed E-state index contributed by atoms with van der Waals surface area (Å²) < 4.78 is 0. The van der Waals surface area contributed by atoms with Crippen LogP contribution in [-0.2, 0) is 4.79 Å². The Morgan fingerprint density at radius 1 is 1.22 bits per heavy atom. The van der Waals surface area contributed by atoms with Crippen LogP contribution in [0.5, 0.6) is 0 Å². The van der Waals surface area contributed by atoms with Crippen LogP contribution < -0.4 is 10.6 Å². The number of carbonyl (C=O) groups is 1. The van der Waals surface area contributed by atoms with E-state index in [9.17, 15) is 4.79 Å². The highest BCUT2D eigenvalue weighted by atomic mass is 16.1. The highest BCUT2D eigenvalue weighted by Gasteiger charge is 2.09. The summed E-state index contributed by atoms with van der Waals surface area (Å²) in [7, 11) is 0. The number of H-pyrrole nitrogens is 1. The molecule has 2 aromatic heterocycles. The maximum absolute atomic E-state index is 12.0. The number of aromatic nitrogens is 4. The number of fused-ring (bicyclic) bond motifs is 1. The summed E-state index contributed by atoms with van der Waals surface area (Å²) in [4.78, 5) is 27.2. The van der Waals surface area contributed by atoms with Crippen LogP contribution in [-0.4, -0.2) is 38.4 Å². The zero-order valence-corrected chi connectivity index (χ0v) is 14.1. The number of hydrogen-bond donors (Lipinski definition) is 3. The fourth-order valence-electron chi connectivity index (χ4n) is 2.44. The van der Waals surface area contributed by atoms with Crippen molar-refractivity contribution in [3.05, 3.63) is 12.7 Å². The number of amides is 1. The van der Waals surface area contributed by atoms with E-state index in [1.54, 1.807) is 6.33 Å². The van der Waals surface area contributed by atoms with Gasteiger partial charge in [0.05, 0.1) is 6.33 Å². The minimum Gasteiger partial charge on any atom is -0.368 e. The summed E-state index contributed by atoms with van der Waals surface area (Å²) in [6, 6.07) is 0.222. The minimum absolute atomic E-state index is 0.0597. The molecule has 0 aromatic carbocycles. The van der Waals surface area contributed by atoms with Crippen LogP contribution >= 0.6 is 0 Å². The Kier molecular flexibility index (Phi) is 6.31. The lowest BCUT2D eigenvalue weighted by Gasteiger charge is -2.14. The van der Waals surface area contributed by atoms with Crippen molar-refractivity contribution in [1.29, 1.82) is 0 Å². The zero-order valence-electron chi connectivity index (χ0n) is 14.1. The molecule has 0 radical (unpaired) electrons. The molecule has 1 amide bonds. The van der Waals surface area contributed by atoms with Crippen LogP contribution in [0.3, 0.4) is 0 Å². The highest BCUT2D eigenvalue weighted by Crippen LogP contribution is 2.14. The van der Waals surface area contributed by atoms with Gasteiger partial charge in [-0.2, -0.15) is 0 Å². The largest absolute Gasteiger partial charge is 0.368 e. The molecule has 2 aromatic rings. The molecule has 0 aliphatic rings. The third-order valence-electron chi connectivity index (χ3n) is 3.69. The molecule has 1 unspecified atom stereocenters. The van der Waals surface area contributed by atoms with Crippen molar-refractivity contribution in [2.45, 2.75) is 52.5 Å². The Morgan fingerprint density at radius 3 is 2.83 bits per heavy atom. The van der Waals surface area contributed by atoms with Crippen molar-refractivity contribution in [2.24, 2.45) is 5.92 Å². The number of rotatable bonds is 9. The first-order valence-corrected chi connectivity index (χ1v) is 8.23. The van der Waals surface area contributed by atoms with Crippen molar-refractivity contribution >= 4 is 22.9 Å². The molecule has 1 atom stereocenters. The number of imidazole rings is 1. The smallest absolute Gasteiger partial charge is 0.221 e. The van der Waals surface area contributed by atoms with Gasteiger partial charge in [0.1, 0.15) is 11.8 Å². The molecule has 0 aliphatic carbocycles. The van der Waals surface area contributed by atoms with Gasteiger partial charge in [-0.3, -0.25) is 4.79 Å². The standard InChI is InChI=1S/C16H26N6O/c1-11(2)5-4-6-12(3)22-13(23)7-8-17-15-14-16(19-9-18-14)21-10-20-15/h9-12H,4-8H2,1-3H3,(H,22,23)(H2,17,18,19,20,21). The first-order chi connectivity index (χ1) is 11.1. The number of nitrogens with zero attached hydrogens (tertiary/aromatic N) is 3. The van der Waals surface area contributed by atoms with Gasteiger partial charge in [0.2, 0.25) is 5.91 Å². The van der Waals surface area contributed by atoms with Crippen LogP contribution in [0.25, 0.3) is 11.2 Å². The molecule has 3 N–H and O–H groups in total. The average Bonchev–Trinajstić information content (AvgIpc) is 2.96. The Balaban J connectivity index is 1.69. The lowest BCUT2D eigenvalue weighted by atomic mass is 10.0. The molecule has 7 nitrogen and oxygen atoms in total. The number of anilines is 1. The van der Waals surface area contributed by atoms with Crippen LogP contribution in [0.2, 0.25) is 0 Å². The van der Waals surface area contributed by atoms with E-state index >= 15 is 0 Å². The lowest BCUT2D eigenvalue weighted by molar-refractivity contribution is -0.121. The van der Waals surface area contributed by atoms with Gasteiger partial charge in [-0.25, -0.2) is 15.0 Å². The molecule has 0 bridgehead atoms. The predicted molar refractivity (Wildman–Crippen MR) is 91.1 cm³/mol. The SMILES string of the molecule is CC(C)CCCC(C)NC(=O)CCNc1ncnc2nc[nH]c12. The van der Waals surface area contributed by atoms with E-state index < -0.39 is 0 Å². The second kappa shape index (κ2) is 8.45. The molecule has 7 heteroatoms. The number of nitrogens with one attached hydrogen (secondary N) is 3. The molecule has 2 heterocycles. The van der Waals surface area contributed by atoms with Gasteiger partial charge in [0, 0.05) is 19.0 Å². The molecule has 0 fully saturated rings. The normalized spacial score (nSPS) is 12.5. The van der Waals surface area contributed by atoms with Gasteiger partial charge in [-0.05, 0) is 19.3 Å². The second-order valence-corrected chi connectivity index (χ2v) is 6.29. The van der Waals surface area contributed by atoms with Gasteiger partial charge < -0.3 is 15.6 Å². The third kappa shape index (κ3) is 5.50. The van der Waals surface area contributed by atoms with Crippen LogP contribution in [0.1, 0.15) is 46.5 Å². The maximum Gasteiger partial charge on any atom is 0.221 e. The van der Waals surface area contributed by atoms with Crippen molar-refractivity contribution in [1.82, 2.24) is 25.3 Å². The van der Waals surface area contributed by atoms with E-state index in [2.05, 4.69) is 51.3 Å². The fourth-order valence-corrected chi connectivity index (χ4v) is 2.44.